The first kappa shape index (κ1) is 9.69. The van der Waals surface area contributed by atoms with Gasteiger partial charge in [-0.25, -0.2) is 0 Å². The summed E-state index contributed by atoms with van der Waals surface area (Å²) in [6.45, 7) is 4.02. The molecule has 56 valence electrons. The van der Waals surface area contributed by atoms with Crippen LogP contribution < -0.4 is 0 Å². The summed E-state index contributed by atoms with van der Waals surface area (Å²) in [7, 11) is 0. The molecule has 0 heterocycles. The first-order valence-corrected chi connectivity index (χ1v) is 5.08. The Labute approximate surface area is 71.3 Å². The van der Waals surface area contributed by atoms with E-state index in [1.165, 1.54) is 17.3 Å². The molecule has 0 amide bonds. The van der Waals surface area contributed by atoms with Crippen LogP contribution in [0.1, 0.15) is 26.2 Å². The monoisotopic (exact) mass is 242 g/mol. The van der Waals surface area contributed by atoms with E-state index >= 15 is 0 Å². The van der Waals surface area contributed by atoms with Crippen LogP contribution >= 0.6 is 22.6 Å². The molecule has 0 N–H and O–H groups in total. The quantitative estimate of drug-likeness (QED) is 0.395. The van der Waals surface area contributed by atoms with Crippen LogP contribution in [0.4, 0.5) is 0 Å². The van der Waals surface area contributed by atoms with Gasteiger partial charge in [-0.15, -0.1) is 0 Å². The van der Waals surface area contributed by atoms with Crippen LogP contribution in [-0.2, 0) is 4.74 Å². The van der Waals surface area contributed by atoms with Crippen molar-refractivity contribution in [2.24, 2.45) is 0 Å². The Hall–Kier alpha value is 0.690. The van der Waals surface area contributed by atoms with Gasteiger partial charge in [0.1, 0.15) is 0 Å². The predicted molar refractivity (Wildman–Crippen MR) is 49.2 cm³/mol. The molecule has 0 rings (SSSR count). The van der Waals surface area contributed by atoms with Gasteiger partial charge in [-0.3, -0.25) is 0 Å². The van der Waals surface area contributed by atoms with Crippen molar-refractivity contribution < 1.29 is 4.74 Å². The molecule has 0 saturated carbocycles. The Balaban J connectivity index is 2.60. The maximum absolute atomic E-state index is 5.28. The van der Waals surface area contributed by atoms with Gasteiger partial charge in [0.25, 0.3) is 0 Å². The average molecular weight is 242 g/mol. The van der Waals surface area contributed by atoms with Gasteiger partial charge in [-0.1, -0.05) is 29.5 Å². The lowest BCUT2D eigenvalue weighted by molar-refractivity contribution is 0.132. The summed E-state index contributed by atoms with van der Waals surface area (Å²) in [6, 6.07) is 0. The minimum Gasteiger partial charge on any atom is -0.381 e. The van der Waals surface area contributed by atoms with E-state index in [4.69, 9.17) is 4.74 Å². The maximum atomic E-state index is 5.28. The van der Waals surface area contributed by atoms with Crippen LogP contribution in [0.15, 0.2) is 0 Å². The average Bonchev–Trinajstić information content (AvgIpc) is 1.89. The van der Waals surface area contributed by atoms with Gasteiger partial charge in [-0.2, -0.15) is 0 Å². The number of rotatable bonds is 6. The first-order chi connectivity index (χ1) is 4.41. The summed E-state index contributed by atoms with van der Waals surface area (Å²) in [4.78, 5) is 0. The van der Waals surface area contributed by atoms with Crippen molar-refractivity contribution >= 4 is 22.6 Å². The second kappa shape index (κ2) is 8.69. The Bertz CT molecular complexity index is 42.2. The topological polar surface area (TPSA) is 9.23 Å². The van der Waals surface area contributed by atoms with Crippen molar-refractivity contribution in [3.05, 3.63) is 0 Å². The lowest BCUT2D eigenvalue weighted by atomic mass is 10.4. The number of hydrogen-bond acceptors (Lipinski definition) is 1. The third kappa shape index (κ3) is 8.69. The summed E-state index contributed by atoms with van der Waals surface area (Å²) >= 11 is 2.39. The van der Waals surface area contributed by atoms with Crippen molar-refractivity contribution in [2.75, 3.05) is 17.6 Å². The highest BCUT2D eigenvalue weighted by molar-refractivity contribution is 14.1. The van der Waals surface area contributed by atoms with Crippen molar-refractivity contribution in [3.63, 3.8) is 0 Å². The number of unbranched alkanes of at least 4 members (excludes halogenated alkanes) is 1. The fourth-order valence-electron chi connectivity index (χ4n) is 0.545. The van der Waals surface area contributed by atoms with Crippen molar-refractivity contribution in [3.8, 4) is 0 Å². The van der Waals surface area contributed by atoms with Gasteiger partial charge in [0, 0.05) is 13.2 Å². The molecule has 0 fully saturated rings. The summed E-state index contributed by atoms with van der Waals surface area (Å²) in [5.74, 6) is 0. The molecule has 0 saturated heterocycles. The molecule has 9 heavy (non-hydrogen) atoms. The van der Waals surface area contributed by atoms with E-state index in [1.807, 2.05) is 0 Å². The smallest absolute Gasteiger partial charge is 0.0466 e. The van der Waals surface area contributed by atoms with E-state index in [1.54, 1.807) is 0 Å². The second-order valence-electron chi connectivity index (χ2n) is 2.01. The lowest BCUT2D eigenvalue weighted by Gasteiger charge is -1.98. The summed E-state index contributed by atoms with van der Waals surface area (Å²) in [6.07, 6.45) is 3.66. The number of halogens is 1. The molecule has 0 spiro atoms. The van der Waals surface area contributed by atoms with Crippen LogP contribution in [0.2, 0.25) is 0 Å². The zero-order valence-electron chi connectivity index (χ0n) is 6.03. The Morgan fingerprint density at radius 2 is 2.00 bits per heavy atom. The molecular weight excluding hydrogens is 227 g/mol. The number of alkyl halides is 1. The molecule has 0 aromatic carbocycles. The molecular formula is C7H15IO. The van der Waals surface area contributed by atoms with Crippen LogP contribution in [0.25, 0.3) is 0 Å². The molecule has 2 heteroatoms. The van der Waals surface area contributed by atoms with E-state index < -0.39 is 0 Å². The number of ether oxygens (including phenoxy) is 1. The fraction of sp³-hybridized carbons (Fsp3) is 1.00. The molecule has 0 radical (unpaired) electrons. The third-order valence-electron chi connectivity index (χ3n) is 1.02. The Morgan fingerprint density at radius 3 is 2.56 bits per heavy atom. The molecule has 0 atom stereocenters. The highest BCUT2D eigenvalue weighted by Crippen LogP contribution is 1.94. The molecule has 0 bridgehead atoms. The van der Waals surface area contributed by atoms with E-state index in [0.29, 0.717) is 0 Å². The van der Waals surface area contributed by atoms with Crippen molar-refractivity contribution in [2.45, 2.75) is 26.2 Å². The third-order valence-corrected chi connectivity index (χ3v) is 1.78. The summed E-state index contributed by atoms with van der Waals surface area (Å²) in [5.41, 5.74) is 0. The molecule has 0 aromatic heterocycles. The second-order valence-corrected chi connectivity index (χ2v) is 3.09. The fourth-order valence-corrected chi connectivity index (χ4v) is 1.08. The summed E-state index contributed by atoms with van der Waals surface area (Å²) < 4.78 is 6.54. The molecule has 1 nitrogen and oxygen atoms in total. The molecule has 0 aromatic rings. The zero-order chi connectivity index (χ0) is 6.95. The number of hydrogen-bond donors (Lipinski definition) is 0. The lowest BCUT2D eigenvalue weighted by Crippen LogP contribution is -1.95. The van der Waals surface area contributed by atoms with Gasteiger partial charge in [-0.05, 0) is 23.7 Å². The van der Waals surface area contributed by atoms with Gasteiger partial charge < -0.3 is 4.74 Å². The van der Waals surface area contributed by atoms with Crippen LogP contribution in [0.3, 0.4) is 0 Å². The SMILES string of the molecule is CCCOCCCCI. The van der Waals surface area contributed by atoms with E-state index in [2.05, 4.69) is 29.5 Å². The zero-order valence-corrected chi connectivity index (χ0v) is 8.19. The van der Waals surface area contributed by atoms with Crippen molar-refractivity contribution in [1.29, 1.82) is 0 Å². The van der Waals surface area contributed by atoms with E-state index in [0.717, 1.165) is 19.6 Å². The van der Waals surface area contributed by atoms with Crippen LogP contribution in [-0.4, -0.2) is 17.6 Å². The molecule has 0 unspecified atom stereocenters. The molecule has 0 aliphatic rings. The van der Waals surface area contributed by atoms with Crippen LogP contribution in [0, 0.1) is 0 Å². The van der Waals surface area contributed by atoms with Gasteiger partial charge in [0.05, 0.1) is 0 Å². The largest absolute Gasteiger partial charge is 0.381 e. The highest BCUT2D eigenvalue weighted by atomic mass is 127. The molecule has 0 aliphatic carbocycles. The van der Waals surface area contributed by atoms with Gasteiger partial charge in [0.2, 0.25) is 0 Å². The minimum atomic E-state index is 0.932. The Kier molecular flexibility index (Phi) is 9.36. The summed E-state index contributed by atoms with van der Waals surface area (Å²) in [5, 5.41) is 0. The van der Waals surface area contributed by atoms with E-state index in [9.17, 15) is 0 Å². The maximum Gasteiger partial charge on any atom is 0.0466 e. The van der Waals surface area contributed by atoms with Gasteiger partial charge in [0.15, 0.2) is 0 Å². The Morgan fingerprint density at radius 1 is 1.22 bits per heavy atom. The first-order valence-electron chi connectivity index (χ1n) is 3.55. The van der Waals surface area contributed by atoms with Crippen molar-refractivity contribution in [1.82, 2.24) is 0 Å². The van der Waals surface area contributed by atoms with Gasteiger partial charge >= 0.3 is 0 Å². The standard InChI is InChI=1S/C7H15IO/c1-2-6-9-7-4-3-5-8/h2-7H2,1H3. The normalized spacial score (nSPS) is 10.0. The highest BCUT2D eigenvalue weighted by Gasteiger charge is 1.85. The minimum absolute atomic E-state index is 0.932. The molecule has 0 aliphatic heterocycles. The van der Waals surface area contributed by atoms with Crippen LogP contribution in [0.5, 0.6) is 0 Å². The predicted octanol–water partition coefficient (Wildman–Crippen LogP) is 2.63. The van der Waals surface area contributed by atoms with E-state index in [-0.39, 0.29) is 0 Å².